The maximum absolute atomic E-state index is 13.9. The average Bonchev–Trinajstić information content (AvgIpc) is 2.61. The molecule has 134 valence electrons. The number of halogens is 2. The van der Waals surface area contributed by atoms with Crippen molar-refractivity contribution in [3.05, 3.63) is 71.9 Å². The molecular formula is C20H19F2N3O. The molecule has 0 aliphatic carbocycles. The molecule has 26 heavy (non-hydrogen) atoms. The van der Waals surface area contributed by atoms with Gasteiger partial charge in [0.25, 0.3) is 0 Å². The number of aromatic nitrogens is 1. The van der Waals surface area contributed by atoms with Gasteiger partial charge in [0.1, 0.15) is 11.6 Å². The monoisotopic (exact) mass is 355 g/mol. The van der Waals surface area contributed by atoms with Gasteiger partial charge in [0.15, 0.2) is 0 Å². The maximum Gasteiger partial charge on any atom is 0.241 e. The minimum absolute atomic E-state index is 0.254. The molecule has 0 aliphatic rings. The van der Waals surface area contributed by atoms with Gasteiger partial charge >= 0.3 is 0 Å². The summed E-state index contributed by atoms with van der Waals surface area (Å²) in [5, 5.41) is 6.75. The molecular weight excluding hydrogens is 336 g/mol. The molecule has 1 aromatic heterocycles. The fourth-order valence-corrected chi connectivity index (χ4v) is 2.85. The first-order valence-electron chi connectivity index (χ1n) is 8.31. The van der Waals surface area contributed by atoms with Gasteiger partial charge in [-0.05, 0) is 44.2 Å². The summed E-state index contributed by atoms with van der Waals surface area (Å²) in [4.78, 5) is 16.8. The van der Waals surface area contributed by atoms with E-state index in [1.807, 2.05) is 18.2 Å². The molecule has 6 heteroatoms. The number of nitrogens with one attached hydrogen (secondary N) is 2. The number of carbonyl (C=O) groups is 1. The Morgan fingerprint density at radius 3 is 2.65 bits per heavy atom. The van der Waals surface area contributed by atoms with Crippen molar-refractivity contribution < 1.29 is 13.6 Å². The van der Waals surface area contributed by atoms with Crippen LogP contribution in [-0.2, 0) is 4.79 Å². The van der Waals surface area contributed by atoms with Crippen molar-refractivity contribution in [2.45, 2.75) is 25.9 Å². The molecule has 2 atom stereocenters. The predicted molar refractivity (Wildman–Crippen MR) is 97.7 cm³/mol. The van der Waals surface area contributed by atoms with Crippen LogP contribution in [0.2, 0.25) is 0 Å². The molecule has 0 radical (unpaired) electrons. The zero-order valence-electron chi connectivity index (χ0n) is 14.5. The Balaban J connectivity index is 1.71. The number of rotatable bonds is 5. The van der Waals surface area contributed by atoms with Gasteiger partial charge < -0.3 is 5.32 Å². The largest absolute Gasteiger partial charge is 0.324 e. The van der Waals surface area contributed by atoms with E-state index in [0.717, 1.165) is 17.0 Å². The van der Waals surface area contributed by atoms with E-state index in [1.165, 1.54) is 12.1 Å². The Bertz CT molecular complexity index is 940. The summed E-state index contributed by atoms with van der Waals surface area (Å²) < 4.78 is 26.9. The van der Waals surface area contributed by atoms with E-state index in [9.17, 15) is 13.6 Å². The molecule has 0 fully saturated rings. The highest BCUT2D eigenvalue weighted by molar-refractivity contribution is 6.02. The number of amides is 1. The zero-order valence-corrected chi connectivity index (χ0v) is 14.5. The molecule has 0 bridgehead atoms. The summed E-state index contributed by atoms with van der Waals surface area (Å²) in [5.74, 6) is -1.53. The van der Waals surface area contributed by atoms with Crippen LogP contribution in [0.5, 0.6) is 0 Å². The first-order valence-corrected chi connectivity index (χ1v) is 8.31. The van der Waals surface area contributed by atoms with Gasteiger partial charge in [0.05, 0.1) is 17.2 Å². The lowest BCUT2D eigenvalue weighted by Crippen LogP contribution is -2.39. The highest BCUT2D eigenvalue weighted by Gasteiger charge is 2.19. The van der Waals surface area contributed by atoms with Gasteiger partial charge in [-0.25, -0.2) is 8.78 Å². The number of nitrogens with zero attached hydrogens (tertiary/aromatic N) is 1. The fourth-order valence-electron chi connectivity index (χ4n) is 2.85. The first kappa shape index (κ1) is 17.9. The van der Waals surface area contributed by atoms with Gasteiger partial charge in [0.2, 0.25) is 5.91 Å². The van der Waals surface area contributed by atoms with Crippen LogP contribution in [0.4, 0.5) is 14.5 Å². The predicted octanol–water partition coefficient (Wildman–Crippen LogP) is 4.19. The highest BCUT2D eigenvalue weighted by atomic mass is 19.1. The molecule has 1 heterocycles. The molecule has 0 saturated carbocycles. The smallest absolute Gasteiger partial charge is 0.241 e. The Labute approximate surface area is 150 Å². The van der Waals surface area contributed by atoms with Gasteiger partial charge in [-0.1, -0.05) is 12.1 Å². The lowest BCUT2D eigenvalue weighted by atomic mass is 10.1. The van der Waals surface area contributed by atoms with Crippen LogP contribution in [0.25, 0.3) is 10.9 Å². The maximum atomic E-state index is 13.9. The molecule has 0 aliphatic heterocycles. The summed E-state index contributed by atoms with van der Waals surface area (Å²) in [5.41, 5.74) is 1.75. The van der Waals surface area contributed by atoms with Gasteiger partial charge in [-0.3, -0.25) is 15.1 Å². The van der Waals surface area contributed by atoms with Crippen LogP contribution in [0.15, 0.2) is 54.7 Å². The Morgan fingerprint density at radius 1 is 1.08 bits per heavy atom. The Hall–Kier alpha value is -2.86. The summed E-state index contributed by atoms with van der Waals surface area (Å²) in [6.07, 6.45) is 1.69. The molecule has 0 saturated heterocycles. The van der Waals surface area contributed by atoms with Crippen LogP contribution >= 0.6 is 0 Å². The first-order chi connectivity index (χ1) is 12.5. The number of hydrogen-bond acceptors (Lipinski definition) is 3. The summed E-state index contributed by atoms with van der Waals surface area (Å²) in [6.45, 7) is 3.42. The number of anilines is 1. The molecule has 3 rings (SSSR count). The Morgan fingerprint density at radius 2 is 1.88 bits per heavy atom. The quantitative estimate of drug-likeness (QED) is 0.721. The minimum Gasteiger partial charge on any atom is -0.324 e. The van der Waals surface area contributed by atoms with E-state index < -0.39 is 23.7 Å². The number of pyridine rings is 1. The third-order valence-corrected chi connectivity index (χ3v) is 4.23. The number of benzene rings is 2. The van der Waals surface area contributed by atoms with Crippen molar-refractivity contribution in [1.82, 2.24) is 10.3 Å². The number of hydrogen-bond donors (Lipinski definition) is 2. The second-order valence-corrected chi connectivity index (χ2v) is 6.14. The van der Waals surface area contributed by atoms with Crippen LogP contribution in [-0.4, -0.2) is 16.9 Å². The summed E-state index contributed by atoms with van der Waals surface area (Å²) in [6, 6.07) is 11.6. The standard InChI is InChI=1S/C20H19F2N3O/c1-12(15-9-8-14(21)11-17(15)22)24-13(2)20(26)25-19-7-3-6-18-16(19)5-4-10-23-18/h3-13,24H,1-2H3,(H,25,26)/t12-,13-/m0/s1. The second-order valence-electron chi connectivity index (χ2n) is 6.14. The molecule has 2 aromatic carbocycles. The van der Waals surface area contributed by atoms with Crippen LogP contribution < -0.4 is 10.6 Å². The summed E-state index contributed by atoms with van der Waals surface area (Å²) in [7, 11) is 0. The van der Waals surface area contributed by atoms with Crippen LogP contribution in [0, 0.1) is 11.6 Å². The van der Waals surface area contributed by atoms with E-state index in [-0.39, 0.29) is 5.91 Å². The van der Waals surface area contributed by atoms with Crippen LogP contribution in [0.3, 0.4) is 0 Å². The third kappa shape index (κ3) is 3.86. The Kier molecular flexibility index (Phi) is 5.23. The van der Waals surface area contributed by atoms with E-state index in [1.54, 1.807) is 32.2 Å². The topological polar surface area (TPSA) is 54.0 Å². The van der Waals surface area contributed by atoms with Gasteiger partial charge in [-0.15, -0.1) is 0 Å². The second kappa shape index (κ2) is 7.58. The lowest BCUT2D eigenvalue weighted by Gasteiger charge is -2.21. The average molecular weight is 355 g/mol. The molecule has 3 aromatic rings. The molecule has 1 amide bonds. The SMILES string of the molecule is C[C@H](N[C@@H](C)c1ccc(F)cc1F)C(=O)Nc1cccc2ncccc12. The highest BCUT2D eigenvalue weighted by Crippen LogP contribution is 2.22. The van der Waals surface area contributed by atoms with Crippen molar-refractivity contribution in [1.29, 1.82) is 0 Å². The van der Waals surface area contributed by atoms with Crippen molar-refractivity contribution in [3.63, 3.8) is 0 Å². The zero-order chi connectivity index (χ0) is 18.7. The van der Waals surface area contributed by atoms with Gasteiger partial charge in [-0.2, -0.15) is 0 Å². The van der Waals surface area contributed by atoms with Gasteiger partial charge in [0, 0.05) is 29.3 Å². The molecule has 0 spiro atoms. The van der Waals surface area contributed by atoms with Crippen molar-refractivity contribution in [2.75, 3.05) is 5.32 Å². The van der Waals surface area contributed by atoms with Crippen molar-refractivity contribution >= 4 is 22.5 Å². The van der Waals surface area contributed by atoms with Crippen LogP contribution in [0.1, 0.15) is 25.5 Å². The van der Waals surface area contributed by atoms with Crippen molar-refractivity contribution in [3.8, 4) is 0 Å². The normalized spacial score (nSPS) is 13.4. The van der Waals surface area contributed by atoms with E-state index >= 15 is 0 Å². The summed E-state index contributed by atoms with van der Waals surface area (Å²) >= 11 is 0. The fraction of sp³-hybridized carbons (Fsp3) is 0.200. The number of fused-ring (bicyclic) bond motifs is 1. The van der Waals surface area contributed by atoms with Crippen molar-refractivity contribution in [2.24, 2.45) is 0 Å². The lowest BCUT2D eigenvalue weighted by molar-refractivity contribution is -0.117. The third-order valence-electron chi connectivity index (χ3n) is 4.23. The van der Waals surface area contributed by atoms with E-state index in [0.29, 0.717) is 11.3 Å². The van der Waals surface area contributed by atoms with E-state index in [4.69, 9.17) is 0 Å². The van der Waals surface area contributed by atoms with E-state index in [2.05, 4.69) is 15.6 Å². The molecule has 0 unspecified atom stereocenters. The molecule has 2 N–H and O–H groups in total. The number of carbonyl (C=O) groups excluding carboxylic acids is 1. The minimum atomic E-state index is -0.641. The molecule has 4 nitrogen and oxygen atoms in total.